The first-order valence-electron chi connectivity index (χ1n) is 7.02. The first kappa shape index (κ1) is 13.9. The van der Waals surface area contributed by atoms with Gasteiger partial charge in [-0.25, -0.2) is 4.79 Å². The Balaban J connectivity index is 1.86. The second kappa shape index (κ2) is 6.57. The van der Waals surface area contributed by atoms with Crippen molar-refractivity contribution in [1.82, 2.24) is 10.2 Å². The summed E-state index contributed by atoms with van der Waals surface area (Å²) in [6.07, 6.45) is 3.18. The van der Waals surface area contributed by atoms with Gasteiger partial charge in [-0.3, -0.25) is 0 Å². The zero-order valence-corrected chi connectivity index (χ0v) is 11.8. The van der Waals surface area contributed by atoms with Crippen molar-refractivity contribution < 1.29 is 4.79 Å². The predicted molar refractivity (Wildman–Crippen MR) is 78.5 cm³/mol. The van der Waals surface area contributed by atoms with Gasteiger partial charge in [-0.15, -0.1) is 0 Å². The molecule has 4 nitrogen and oxygen atoms in total. The normalized spacial score (nSPS) is 20.0. The second-order valence-corrected chi connectivity index (χ2v) is 5.25. The third-order valence-corrected chi connectivity index (χ3v) is 3.55. The summed E-state index contributed by atoms with van der Waals surface area (Å²) in [5.74, 6) is 0. The van der Waals surface area contributed by atoms with Crippen molar-refractivity contribution in [3.05, 3.63) is 29.8 Å². The highest BCUT2D eigenvalue weighted by Gasteiger charge is 2.18. The maximum Gasteiger partial charge on any atom is 0.319 e. The van der Waals surface area contributed by atoms with Crippen molar-refractivity contribution in [3.63, 3.8) is 0 Å². The van der Waals surface area contributed by atoms with Crippen LogP contribution in [0.5, 0.6) is 0 Å². The van der Waals surface area contributed by atoms with E-state index in [2.05, 4.69) is 35.6 Å². The molecule has 1 heterocycles. The molecule has 1 aromatic carbocycles. The van der Waals surface area contributed by atoms with Crippen LogP contribution in [0.15, 0.2) is 24.3 Å². The maximum absolute atomic E-state index is 11.9. The van der Waals surface area contributed by atoms with Crippen LogP contribution in [-0.2, 0) is 6.42 Å². The number of piperidine rings is 1. The summed E-state index contributed by atoms with van der Waals surface area (Å²) in [6.45, 7) is 4.16. The molecule has 0 spiro atoms. The van der Waals surface area contributed by atoms with E-state index in [0.717, 1.165) is 38.0 Å². The molecule has 2 rings (SSSR count). The van der Waals surface area contributed by atoms with Crippen LogP contribution in [0.3, 0.4) is 0 Å². The third-order valence-electron chi connectivity index (χ3n) is 3.55. The molecule has 0 saturated carbocycles. The van der Waals surface area contributed by atoms with Gasteiger partial charge >= 0.3 is 6.03 Å². The Labute approximate surface area is 115 Å². The molecule has 0 radical (unpaired) electrons. The summed E-state index contributed by atoms with van der Waals surface area (Å²) in [5.41, 5.74) is 2.09. The number of likely N-dealkylation sites (N-methyl/N-ethyl adjacent to an activating group) is 1. The fourth-order valence-corrected chi connectivity index (χ4v) is 2.51. The molecule has 0 bridgehead atoms. The highest BCUT2D eigenvalue weighted by atomic mass is 16.2. The van der Waals surface area contributed by atoms with Gasteiger partial charge in [0.15, 0.2) is 0 Å². The van der Waals surface area contributed by atoms with E-state index in [1.165, 1.54) is 5.56 Å². The number of likely N-dealkylation sites (tertiary alicyclic amines) is 1. The van der Waals surface area contributed by atoms with Crippen LogP contribution >= 0.6 is 0 Å². The van der Waals surface area contributed by atoms with Crippen LogP contribution in [0.25, 0.3) is 0 Å². The molecule has 1 saturated heterocycles. The number of carbonyl (C=O) groups is 1. The smallest absolute Gasteiger partial charge is 0.319 e. The van der Waals surface area contributed by atoms with E-state index in [9.17, 15) is 4.79 Å². The molecule has 0 aromatic heterocycles. The molecule has 4 heteroatoms. The van der Waals surface area contributed by atoms with Crippen LogP contribution in [0.2, 0.25) is 0 Å². The van der Waals surface area contributed by atoms with E-state index in [-0.39, 0.29) is 12.1 Å². The zero-order valence-electron chi connectivity index (χ0n) is 11.8. The number of aryl methyl sites for hydroxylation is 1. The molecule has 0 aliphatic carbocycles. The lowest BCUT2D eigenvalue weighted by Gasteiger charge is -2.30. The molecular formula is C15H23N3O. The number of nitrogens with zero attached hydrogens (tertiary/aromatic N) is 1. The van der Waals surface area contributed by atoms with Gasteiger partial charge < -0.3 is 15.5 Å². The van der Waals surface area contributed by atoms with E-state index in [1.807, 2.05) is 18.2 Å². The minimum Gasteiger partial charge on any atom is -0.334 e. The summed E-state index contributed by atoms with van der Waals surface area (Å²) >= 11 is 0. The van der Waals surface area contributed by atoms with Crippen LogP contribution in [0, 0.1) is 0 Å². The van der Waals surface area contributed by atoms with E-state index in [4.69, 9.17) is 0 Å². The first-order valence-corrected chi connectivity index (χ1v) is 7.02. The standard InChI is InChI=1S/C15H23N3O/c1-3-12-6-4-7-13(10-12)16-15(19)17-14-8-5-9-18(2)11-14/h4,6-7,10,14H,3,5,8-9,11H2,1-2H3,(H2,16,17,19)/t14-/m1/s1. The van der Waals surface area contributed by atoms with Crippen molar-refractivity contribution in [2.45, 2.75) is 32.2 Å². The molecule has 2 amide bonds. The Bertz CT molecular complexity index is 433. The van der Waals surface area contributed by atoms with Crippen LogP contribution in [0.4, 0.5) is 10.5 Å². The van der Waals surface area contributed by atoms with Gasteiger partial charge in [0.05, 0.1) is 0 Å². The molecule has 1 aromatic rings. The number of rotatable bonds is 3. The number of hydrogen-bond acceptors (Lipinski definition) is 2. The highest BCUT2D eigenvalue weighted by molar-refractivity contribution is 5.89. The Morgan fingerprint density at radius 1 is 1.47 bits per heavy atom. The van der Waals surface area contributed by atoms with Crippen LogP contribution < -0.4 is 10.6 Å². The van der Waals surface area contributed by atoms with Crippen molar-refractivity contribution >= 4 is 11.7 Å². The average molecular weight is 261 g/mol. The lowest BCUT2D eigenvalue weighted by molar-refractivity contribution is 0.216. The molecular weight excluding hydrogens is 238 g/mol. The highest BCUT2D eigenvalue weighted by Crippen LogP contribution is 2.12. The van der Waals surface area contributed by atoms with Gasteiger partial charge in [0.2, 0.25) is 0 Å². The molecule has 1 atom stereocenters. The van der Waals surface area contributed by atoms with Crippen LogP contribution in [-0.4, -0.2) is 37.1 Å². The second-order valence-electron chi connectivity index (χ2n) is 5.25. The number of amides is 2. The fraction of sp³-hybridized carbons (Fsp3) is 0.533. The Morgan fingerprint density at radius 3 is 3.05 bits per heavy atom. The van der Waals surface area contributed by atoms with E-state index >= 15 is 0 Å². The third kappa shape index (κ3) is 4.24. The summed E-state index contributed by atoms with van der Waals surface area (Å²) in [4.78, 5) is 14.2. The molecule has 1 aliphatic rings. The monoisotopic (exact) mass is 261 g/mol. The zero-order chi connectivity index (χ0) is 13.7. The van der Waals surface area contributed by atoms with Crippen molar-refractivity contribution in [1.29, 1.82) is 0 Å². The lowest BCUT2D eigenvalue weighted by atomic mass is 10.1. The van der Waals surface area contributed by atoms with E-state index < -0.39 is 0 Å². The molecule has 1 fully saturated rings. The largest absolute Gasteiger partial charge is 0.334 e. The number of anilines is 1. The van der Waals surface area contributed by atoms with Gasteiger partial charge in [0.1, 0.15) is 0 Å². The topological polar surface area (TPSA) is 44.4 Å². The number of benzene rings is 1. The van der Waals surface area contributed by atoms with Crippen molar-refractivity contribution in [3.8, 4) is 0 Å². The minimum absolute atomic E-state index is 0.103. The molecule has 19 heavy (non-hydrogen) atoms. The van der Waals surface area contributed by atoms with Crippen molar-refractivity contribution in [2.75, 3.05) is 25.5 Å². The minimum atomic E-state index is -0.103. The fourth-order valence-electron chi connectivity index (χ4n) is 2.51. The number of nitrogens with one attached hydrogen (secondary N) is 2. The maximum atomic E-state index is 11.9. The van der Waals surface area contributed by atoms with Gasteiger partial charge in [-0.2, -0.15) is 0 Å². The predicted octanol–water partition coefficient (Wildman–Crippen LogP) is 2.46. The summed E-state index contributed by atoms with van der Waals surface area (Å²) in [6, 6.07) is 8.14. The van der Waals surface area contributed by atoms with E-state index in [0.29, 0.717) is 0 Å². The van der Waals surface area contributed by atoms with Crippen LogP contribution in [0.1, 0.15) is 25.3 Å². The summed E-state index contributed by atoms with van der Waals surface area (Å²) in [5, 5.41) is 5.95. The first-order chi connectivity index (χ1) is 9.17. The summed E-state index contributed by atoms with van der Waals surface area (Å²) in [7, 11) is 2.09. The van der Waals surface area contributed by atoms with E-state index in [1.54, 1.807) is 0 Å². The average Bonchev–Trinajstić information content (AvgIpc) is 2.38. The SMILES string of the molecule is CCc1cccc(NC(=O)N[C@@H]2CCCN(C)C2)c1. The van der Waals surface area contributed by atoms with Crippen molar-refractivity contribution in [2.24, 2.45) is 0 Å². The molecule has 1 aliphatic heterocycles. The Morgan fingerprint density at radius 2 is 2.32 bits per heavy atom. The van der Waals surface area contributed by atoms with Gasteiger partial charge in [0.25, 0.3) is 0 Å². The van der Waals surface area contributed by atoms with Gasteiger partial charge in [-0.1, -0.05) is 19.1 Å². The summed E-state index contributed by atoms with van der Waals surface area (Å²) < 4.78 is 0. The quantitative estimate of drug-likeness (QED) is 0.878. The Kier molecular flexibility index (Phi) is 4.80. The molecule has 0 unspecified atom stereocenters. The number of urea groups is 1. The molecule has 2 N–H and O–H groups in total. The number of hydrogen-bond donors (Lipinski definition) is 2. The Hall–Kier alpha value is -1.55. The lowest BCUT2D eigenvalue weighted by Crippen LogP contribution is -2.47. The van der Waals surface area contributed by atoms with Gasteiger partial charge in [-0.05, 0) is 50.6 Å². The van der Waals surface area contributed by atoms with Gasteiger partial charge in [0, 0.05) is 18.3 Å². The number of carbonyl (C=O) groups excluding carboxylic acids is 1. The molecule has 104 valence electrons.